The molecule has 4 heterocycles. The van der Waals surface area contributed by atoms with Crippen LogP contribution in [0.25, 0.3) is 28.3 Å². The number of anilines is 1. The molecule has 0 aliphatic rings. The minimum Gasteiger partial charge on any atom is -0.324 e. The van der Waals surface area contributed by atoms with Crippen LogP contribution >= 0.6 is 0 Å². The fraction of sp³-hybridized carbons (Fsp3) is 0.160. The van der Waals surface area contributed by atoms with Gasteiger partial charge in [0.1, 0.15) is 24.0 Å². The molecule has 0 spiro atoms. The molecule has 8 nitrogen and oxygen atoms in total. The number of aromatic nitrogens is 6. The summed E-state index contributed by atoms with van der Waals surface area (Å²) in [5, 5.41) is 7.23. The molecule has 1 N–H and O–H groups in total. The number of aryl methyl sites for hydroxylation is 2. The van der Waals surface area contributed by atoms with Crippen LogP contribution in [0.1, 0.15) is 21.7 Å². The number of imidazole rings is 2. The van der Waals surface area contributed by atoms with E-state index in [1.165, 1.54) is 29.0 Å². The first-order chi connectivity index (χ1) is 17.3. The smallest absolute Gasteiger partial charge is 0.257 e. The summed E-state index contributed by atoms with van der Waals surface area (Å²) < 4.78 is 43.9. The van der Waals surface area contributed by atoms with E-state index < -0.39 is 18.5 Å². The fourth-order valence-corrected chi connectivity index (χ4v) is 3.98. The van der Waals surface area contributed by atoms with Gasteiger partial charge in [0.15, 0.2) is 11.5 Å². The Balaban J connectivity index is 1.55. The van der Waals surface area contributed by atoms with Crippen LogP contribution in [-0.2, 0) is 6.54 Å². The first-order valence-electron chi connectivity index (χ1n) is 11.0. The number of pyridine rings is 1. The van der Waals surface area contributed by atoms with Gasteiger partial charge in [-0.05, 0) is 55.8 Å². The monoisotopic (exact) mass is 491 g/mol. The van der Waals surface area contributed by atoms with Crippen molar-refractivity contribution in [1.82, 2.24) is 29.1 Å². The molecule has 36 heavy (non-hydrogen) atoms. The van der Waals surface area contributed by atoms with Gasteiger partial charge in [-0.1, -0.05) is 0 Å². The minimum absolute atomic E-state index is 0.0712. The van der Waals surface area contributed by atoms with Crippen LogP contribution in [0.3, 0.4) is 0 Å². The highest BCUT2D eigenvalue weighted by Crippen LogP contribution is 2.33. The number of hydrogen-bond acceptors (Lipinski definition) is 5. The summed E-state index contributed by atoms with van der Waals surface area (Å²) in [6.07, 6.45) is 2.71. The summed E-state index contributed by atoms with van der Waals surface area (Å²) >= 11 is 0. The molecule has 1 aromatic carbocycles. The SMILES string of the molecule is Cc1cc(-c2nc(C)n(CCF)c2-c2ccc3nc(NC(=O)c4ccnc(F)c4)cn3n2)ccc1F. The highest BCUT2D eigenvalue weighted by Gasteiger charge is 2.21. The standard InChI is InChI=1S/C25H20F3N7O/c1-14-11-16(3-4-18(14)27)23-24(34(10-8-26)15(2)30-23)19-5-6-22-31-21(13-35(22)33-19)32-25(36)17-7-9-29-20(28)12-17/h3-7,9,11-13H,8,10H2,1-2H3,(H,32,36). The molecule has 0 saturated carbocycles. The Morgan fingerprint density at radius 1 is 1.06 bits per heavy atom. The van der Waals surface area contributed by atoms with Crippen molar-refractivity contribution in [3.05, 3.63) is 83.6 Å². The summed E-state index contributed by atoms with van der Waals surface area (Å²) in [5.41, 5.74) is 3.28. The molecule has 0 saturated heterocycles. The number of amides is 1. The Bertz CT molecular complexity index is 1610. The van der Waals surface area contributed by atoms with Crippen LogP contribution in [0, 0.1) is 25.6 Å². The lowest BCUT2D eigenvalue weighted by Crippen LogP contribution is -2.12. The quantitative estimate of drug-likeness (QED) is 0.346. The minimum atomic E-state index is -0.767. The maximum atomic E-state index is 13.9. The largest absolute Gasteiger partial charge is 0.324 e. The lowest BCUT2D eigenvalue weighted by Gasteiger charge is -2.10. The topological polar surface area (TPSA) is 90.0 Å². The van der Waals surface area contributed by atoms with Crippen LogP contribution in [0.15, 0.2) is 54.9 Å². The van der Waals surface area contributed by atoms with E-state index in [4.69, 9.17) is 0 Å². The van der Waals surface area contributed by atoms with Gasteiger partial charge < -0.3 is 9.88 Å². The van der Waals surface area contributed by atoms with Crippen LogP contribution in [0.2, 0.25) is 0 Å². The predicted molar refractivity (Wildman–Crippen MR) is 127 cm³/mol. The van der Waals surface area contributed by atoms with Gasteiger partial charge in [0.05, 0.1) is 24.1 Å². The van der Waals surface area contributed by atoms with Crippen LogP contribution in [-0.4, -0.2) is 41.7 Å². The van der Waals surface area contributed by atoms with E-state index in [2.05, 4.69) is 25.4 Å². The number of nitrogens with zero attached hydrogens (tertiary/aromatic N) is 6. The zero-order valence-corrected chi connectivity index (χ0v) is 19.3. The van der Waals surface area contributed by atoms with Gasteiger partial charge in [-0.3, -0.25) is 4.79 Å². The number of halogens is 3. The third-order valence-corrected chi connectivity index (χ3v) is 5.69. The molecule has 5 rings (SSSR count). The molecule has 5 aromatic rings. The number of carbonyl (C=O) groups is 1. The molecule has 0 bridgehead atoms. The van der Waals surface area contributed by atoms with Gasteiger partial charge >= 0.3 is 0 Å². The number of rotatable bonds is 6. The second kappa shape index (κ2) is 9.25. The van der Waals surface area contributed by atoms with Crippen molar-refractivity contribution in [3.63, 3.8) is 0 Å². The Kier molecular flexibility index (Phi) is 5.96. The van der Waals surface area contributed by atoms with Gasteiger partial charge in [-0.2, -0.15) is 9.49 Å². The van der Waals surface area contributed by atoms with Crippen LogP contribution in [0.4, 0.5) is 19.0 Å². The number of fused-ring (bicyclic) bond motifs is 1. The van der Waals surface area contributed by atoms with E-state index in [1.54, 1.807) is 42.7 Å². The highest BCUT2D eigenvalue weighted by atomic mass is 19.1. The van der Waals surface area contributed by atoms with E-state index >= 15 is 0 Å². The Hall–Kier alpha value is -4.54. The molecule has 0 aliphatic heterocycles. The highest BCUT2D eigenvalue weighted by molar-refractivity contribution is 6.03. The normalized spacial score (nSPS) is 11.2. The third kappa shape index (κ3) is 4.30. The number of carbonyl (C=O) groups excluding carboxylic acids is 1. The van der Waals surface area contributed by atoms with Crippen molar-refractivity contribution in [2.75, 3.05) is 12.0 Å². The molecule has 0 radical (unpaired) electrons. The van der Waals surface area contributed by atoms with E-state index in [0.717, 1.165) is 6.07 Å². The molecule has 1 amide bonds. The third-order valence-electron chi connectivity index (χ3n) is 5.69. The summed E-state index contributed by atoms with van der Waals surface area (Å²) in [5.74, 6) is -0.849. The number of hydrogen-bond donors (Lipinski definition) is 1. The van der Waals surface area contributed by atoms with Crippen molar-refractivity contribution in [2.45, 2.75) is 20.4 Å². The summed E-state index contributed by atoms with van der Waals surface area (Å²) in [6.45, 7) is 2.90. The average Bonchev–Trinajstić information content (AvgIpc) is 3.40. The second-order valence-electron chi connectivity index (χ2n) is 8.13. The molecule has 182 valence electrons. The maximum Gasteiger partial charge on any atom is 0.257 e. The zero-order valence-electron chi connectivity index (χ0n) is 19.3. The van der Waals surface area contributed by atoms with E-state index in [1.807, 2.05) is 0 Å². The Morgan fingerprint density at radius 2 is 1.89 bits per heavy atom. The Labute approximate surface area is 203 Å². The van der Waals surface area contributed by atoms with Crippen molar-refractivity contribution >= 4 is 17.4 Å². The molecule has 0 aliphatic carbocycles. The molecule has 0 atom stereocenters. The molecule has 0 fully saturated rings. The summed E-state index contributed by atoms with van der Waals surface area (Å²) in [4.78, 5) is 24.9. The molecule has 0 unspecified atom stereocenters. The summed E-state index contributed by atoms with van der Waals surface area (Å²) in [7, 11) is 0. The lowest BCUT2D eigenvalue weighted by molar-refractivity contribution is 0.102. The van der Waals surface area contributed by atoms with Crippen LogP contribution < -0.4 is 5.32 Å². The van der Waals surface area contributed by atoms with E-state index in [-0.39, 0.29) is 23.7 Å². The van der Waals surface area contributed by atoms with Crippen LogP contribution in [0.5, 0.6) is 0 Å². The van der Waals surface area contributed by atoms with Crippen molar-refractivity contribution < 1.29 is 18.0 Å². The van der Waals surface area contributed by atoms with Gasteiger partial charge in [-0.25, -0.2) is 28.2 Å². The lowest BCUT2D eigenvalue weighted by atomic mass is 10.1. The number of nitrogens with one attached hydrogen (secondary N) is 1. The molecular formula is C25H20F3N7O. The molecule has 4 aromatic heterocycles. The number of benzene rings is 1. The van der Waals surface area contributed by atoms with Crippen molar-refractivity contribution in [3.8, 4) is 22.6 Å². The number of alkyl halides is 1. The predicted octanol–water partition coefficient (Wildman–Crippen LogP) is 4.77. The van der Waals surface area contributed by atoms with Gasteiger partial charge in [0.25, 0.3) is 5.91 Å². The van der Waals surface area contributed by atoms with Gasteiger partial charge in [0.2, 0.25) is 5.95 Å². The first-order valence-corrected chi connectivity index (χ1v) is 11.0. The van der Waals surface area contributed by atoms with Crippen molar-refractivity contribution in [1.29, 1.82) is 0 Å². The second-order valence-corrected chi connectivity index (χ2v) is 8.13. The summed E-state index contributed by atoms with van der Waals surface area (Å²) in [6, 6.07) is 10.5. The van der Waals surface area contributed by atoms with Crippen molar-refractivity contribution in [2.24, 2.45) is 0 Å². The fourth-order valence-electron chi connectivity index (χ4n) is 3.98. The van der Waals surface area contributed by atoms with E-state index in [0.29, 0.717) is 39.7 Å². The first kappa shape index (κ1) is 23.2. The van der Waals surface area contributed by atoms with Gasteiger partial charge in [0, 0.05) is 23.4 Å². The van der Waals surface area contributed by atoms with Gasteiger partial charge in [-0.15, -0.1) is 0 Å². The maximum absolute atomic E-state index is 13.9. The molecular weight excluding hydrogens is 471 g/mol. The Morgan fingerprint density at radius 3 is 2.64 bits per heavy atom. The van der Waals surface area contributed by atoms with E-state index in [9.17, 15) is 18.0 Å². The molecule has 11 heteroatoms. The average molecular weight is 491 g/mol. The zero-order chi connectivity index (χ0) is 25.4.